The smallest absolute Gasteiger partial charge is 0.221 e. The molecule has 0 unspecified atom stereocenters. The first-order chi connectivity index (χ1) is 18.2. The van der Waals surface area contributed by atoms with Gasteiger partial charge < -0.3 is 35.0 Å². The maximum atomic E-state index is 11.4. The van der Waals surface area contributed by atoms with Crippen LogP contribution in [0.3, 0.4) is 0 Å². The number of phenols is 1. The van der Waals surface area contributed by atoms with Gasteiger partial charge >= 0.3 is 0 Å². The Bertz CT molecular complexity index is 1200. The van der Waals surface area contributed by atoms with Crippen LogP contribution in [0.2, 0.25) is 0 Å². The maximum absolute atomic E-state index is 11.4. The Hall–Kier alpha value is -3.27. The monoisotopic (exact) mass is 520 g/mol. The Morgan fingerprint density at radius 1 is 1.03 bits per heavy atom. The molecule has 1 aliphatic rings. The molecule has 0 aliphatic carbocycles. The summed E-state index contributed by atoms with van der Waals surface area (Å²) < 4.78 is 12.9. The van der Waals surface area contributed by atoms with Crippen molar-refractivity contribution in [1.29, 1.82) is 0 Å². The highest BCUT2D eigenvalue weighted by molar-refractivity contribution is 5.88. The number of hydrogen-bond acceptors (Lipinski definition) is 7. The molecule has 0 spiro atoms. The van der Waals surface area contributed by atoms with E-state index in [9.17, 15) is 20.1 Å². The molecule has 1 saturated heterocycles. The summed E-state index contributed by atoms with van der Waals surface area (Å²) in [7, 11) is 1.93. The van der Waals surface area contributed by atoms with Gasteiger partial charge in [-0.1, -0.05) is 55.5 Å². The lowest BCUT2D eigenvalue weighted by Crippen LogP contribution is -2.44. The van der Waals surface area contributed by atoms with E-state index in [4.69, 9.17) is 9.47 Å². The normalized spacial score (nSPS) is 22.3. The van der Waals surface area contributed by atoms with Crippen LogP contribution in [-0.4, -0.2) is 52.4 Å². The van der Waals surface area contributed by atoms with Crippen molar-refractivity contribution in [3.63, 3.8) is 0 Å². The van der Waals surface area contributed by atoms with Crippen molar-refractivity contribution in [2.45, 2.75) is 45.1 Å². The molecule has 202 valence electrons. The van der Waals surface area contributed by atoms with Gasteiger partial charge in [0.25, 0.3) is 0 Å². The number of hydrogen-bond donors (Lipinski definition) is 4. The fourth-order valence-electron chi connectivity index (χ4n) is 4.77. The topological polar surface area (TPSA) is 111 Å². The van der Waals surface area contributed by atoms with Crippen molar-refractivity contribution in [3.05, 3.63) is 95.1 Å². The predicted octanol–water partition coefficient (Wildman–Crippen LogP) is 4.30. The summed E-state index contributed by atoms with van der Waals surface area (Å²) >= 11 is 0. The quantitative estimate of drug-likeness (QED) is 0.333. The summed E-state index contributed by atoms with van der Waals surface area (Å²) in [5.74, 6) is -0.0302. The number of carbonyl (C=O) groups is 1. The fourth-order valence-corrected chi connectivity index (χ4v) is 4.77. The van der Waals surface area contributed by atoms with Crippen LogP contribution in [0.1, 0.15) is 54.6 Å². The van der Waals surface area contributed by atoms with Gasteiger partial charge in [-0.05, 0) is 48.0 Å². The zero-order chi connectivity index (χ0) is 27.2. The van der Waals surface area contributed by atoms with Crippen LogP contribution >= 0.6 is 0 Å². The SMILES string of the molecule is CC(=O)Nc1ccc([C@H]2O[C@@H](CN(C)C[C@@H](O)c3cccc(O)c3)[C@@H](C)[C@@H](c3ccc(CO)cc3)O2)cc1. The van der Waals surface area contributed by atoms with E-state index in [0.29, 0.717) is 24.3 Å². The van der Waals surface area contributed by atoms with Crippen LogP contribution in [0.4, 0.5) is 5.69 Å². The third kappa shape index (κ3) is 6.98. The van der Waals surface area contributed by atoms with E-state index in [0.717, 1.165) is 16.7 Å². The van der Waals surface area contributed by atoms with Gasteiger partial charge in [0.2, 0.25) is 5.91 Å². The Labute approximate surface area is 223 Å². The molecule has 0 bridgehead atoms. The van der Waals surface area contributed by atoms with Gasteiger partial charge in [-0.3, -0.25) is 4.79 Å². The largest absolute Gasteiger partial charge is 0.508 e. The summed E-state index contributed by atoms with van der Waals surface area (Å²) in [6.45, 7) is 4.44. The molecule has 3 aromatic carbocycles. The van der Waals surface area contributed by atoms with Crippen molar-refractivity contribution in [1.82, 2.24) is 4.90 Å². The number of anilines is 1. The van der Waals surface area contributed by atoms with Crippen molar-refractivity contribution in [2.24, 2.45) is 5.92 Å². The Balaban J connectivity index is 1.53. The summed E-state index contributed by atoms with van der Waals surface area (Å²) in [4.78, 5) is 13.4. The molecule has 0 aromatic heterocycles. The number of phenolic OH excluding ortho intramolecular Hbond substituents is 1. The molecule has 5 atom stereocenters. The zero-order valence-electron chi connectivity index (χ0n) is 21.9. The van der Waals surface area contributed by atoms with Gasteiger partial charge in [-0.2, -0.15) is 0 Å². The molecular formula is C30H36N2O6. The number of rotatable bonds is 9. The van der Waals surface area contributed by atoms with Crippen molar-refractivity contribution in [3.8, 4) is 5.75 Å². The Kier molecular flexibility index (Phi) is 9.14. The van der Waals surface area contributed by atoms with Crippen molar-refractivity contribution < 1.29 is 29.6 Å². The van der Waals surface area contributed by atoms with Gasteiger partial charge in [-0.25, -0.2) is 0 Å². The number of aromatic hydroxyl groups is 1. The number of carbonyl (C=O) groups excluding carboxylic acids is 1. The summed E-state index contributed by atoms with van der Waals surface area (Å²) in [5.41, 5.74) is 3.99. The molecule has 1 heterocycles. The van der Waals surface area contributed by atoms with Crippen molar-refractivity contribution >= 4 is 11.6 Å². The average molecular weight is 521 g/mol. The molecule has 8 nitrogen and oxygen atoms in total. The van der Waals surface area contributed by atoms with Gasteiger partial charge in [0.05, 0.1) is 24.9 Å². The van der Waals surface area contributed by atoms with E-state index in [-0.39, 0.29) is 36.4 Å². The average Bonchev–Trinajstić information content (AvgIpc) is 2.90. The second kappa shape index (κ2) is 12.5. The van der Waals surface area contributed by atoms with Gasteiger partial charge in [0.1, 0.15) is 5.75 Å². The Morgan fingerprint density at radius 3 is 2.34 bits per heavy atom. The van der Waals surface area contributed by atoms with Crippen LogP contribution in [0.25, 0.3) is 0 Å². The molecular weight excluding hydrogens is 484 g/mol. The number of nitrogens with zero attached hydrogens (tertiary/aromatic N) is 1. The minimum Gasteiger partial charge on any atom is -0.508 e. The van der Waals surface area contributed by atoms with Gasteiger partial charge in [0.15, 0.2) is 6.29 Å². The highest BCUT2D eigenvalue weighted by Gasteiger charge is 2.39. The first-order valence-electron chi connectivity index (χ1n) is 12.8. The molecule has 1 amide bonds. The number of aliphatic hydroxyl groups excluding tert-OH is 2. The molecule has 4 rings (SSSR count). The molecule has 4 N–H and O–H groups in total. The van der Waals surface area contributed by atoms with Crippen LogP contribution in [0.5, 0.6) is 5.75 Å². The summed E-state index contributed by atoms with van der Waals surface area (Å²) in [6, 6.07) is 21.8. The number of ether oxygens (including phenoxy) is 2. The molecule has 3 aromatic rings. The molecule has 1 aliphatic heterocycles. The van der Waals surface area contributed by atoms with Crippen LogP contribution < -0.4 is 5.32 Å². The number of aliphatic hydroxyl groups is 2. The lowest BCUT2D eigenvalue weighted by Gasteiger charge is -2.42. The number of benzene rings is 3. The van der Waals surface area contributed by atoms with Gasteiger partial charge in [0, 0.05) is 37.2 Å². The zero-order valence-corrected chi connectivity index (χ0v) is 21.9. The minimum absolute atomic E-state index is 0.00904. The van der Waals surface area contributed by atoms with Crippen LogP contribution in [0, 0.1) is 5.92 Å². The molecule has 8 heteroatoms. The molecule has 38 heavy (non-hydrogen) atoms. The van der Waals surface area contributed by atoms with E-state index in [1.165, 1.54) is 6.92 Å². The van der Waals surface area contributed by atoms with Crippen LogP contribution in [0.15, 0.2) is 72.8 Å². The Morgan fingerprint density at radius 2 is 1.71 bits per heavy atom. The number of likely N-dealkylation sites (N-methyl/N-ethyl adjacent to an activating group) is 1. The van der Waals surface area contributed by atoms with E-state index in [1.807, 2.05) is 60.5 Å². The highest BCUT2D eigenvalue weighted by atomic mass is 16.7. The lowest BCUT2D eigenvalue weighted by molar-refractivity contribution is -0.276. The van der Waals surface area contributed by atoms with E-state index >= 15 is 0 Å². The molecule has 1 fully saturated rings. The number of amides is 1. The highest BCUT2D eigenvalue weighted by Crippen LogP contribution is 2.42. The van der Waals surface area contributed by atoms with E-state index in [2.05, 4.69) is 12.2 Å². The van der Waals surface area contributed by atoms with E-state index in [1.54, 1.807) is 24.3 Å². The lowest BCUT2D eigenvalue weighted by atomic mass is 9.90. The molecule has 0 radical (unpaired) electrons. The van der Waals surface area contributed by atoms with Crippen molar-refractivity contribution in [2.75, 3.05) is 25.5 Å². The third-order valence-electron chi connectivity index (χ3n) is 6.86. The van der Waals surface area contributed by atoms with Crippen LogP contribution in [-0.2, 0) is 20.9 Å². The first kappa shape index (κ1) is 27.8. The maximum Gasteiger partial charge on any atom is 0.221 e. The number of nitrogens with one attached hydrogen (secondary N) is 1. The fraction of sp³-hybridized carbons (Fsp3) is 0.367. The summed E-state index contributed by atoms with van der Waals surface area (Å²) in [6.07, 6.45) is -1.87. The van der Waals surface area contributed by atoms with E-state index < -0.39 is 12.4 Å². The minimum atomic E-state index is -0.763. The predicted molar refractivity (Wildman–Crippen MR) is 144 cm³/mol. The first-order valence-corrected chi connectivity index (χ1v) is 12.8. The molecule has 0 saturated carbocycles. The third-order valence-corrected chi connectivity index (χ3v) is 6.86. The second-order valence-electron chi connectivity index (χ2n) is 9.96. The van der Waals surface area contributed by atoms with Gasteiger partial charge in [-0.15, -0.1) is 0 Å². The standard InChI is InChI=1S/C30H36N2O6/c1-19-28(17-32(3)16-27(36)24-5-4-6-26(35)15-24)37-30(23-11-13-25(14-12-23)31-20(2)34)38-29(19)22-9-7-21(18-33)8-10-22/h4-15,19,27-30,33,35-36H,16-18H2,1-3H3,(H,31,34)/t19-,27-,28+,29+,30+/m1/s1. The summed E-state index contributed by atoms with van der Waals surface area (Å²) in [5, 5.41) is 32.7. The second-order valence-corrected chi connectivity index (χ2v) is 9.96.